The molecule has 1 amide bonds. The first kappa shape index (κ1) is 10.7. The van der Waals surface area contributed by atoms with E-state index < -0.39 is 11.5 Å². The normalized spacial score (nSPS) is 11.5. The van der Waals surface area contributed by atoms with Gasteiger partial charge in [0.15, 0.2) is 0 Å². The lowest BCUT2D eigenvalue weighted by molar-refractivity contribution is -0.130. The summed E-state index contributed by atoms with van der Waals surface area (Å²) in [6.45, 7) is 6.37. The van der Waals surface area contributed by atoms with Gasteiger partial charge < -0.3 is 9.63 Å². The molecule has 1 aromatic heterocycles. The molecule has 0 bridgehead atoms. The number of nitrogens with one attached hydrogen (secondary N) is 1. The van der Waals surface area contributed by atoms with Gasteiger partial charge in [0.2, 0.25) is 5.88 Å². The van der Waals surface area contributed by atoms with E-state index in [9.17, 15) is 9.90 Å². The van der Waals surface area contributed by atoms with Crippen molar-refractivity contribution in [3.8, 4) is 0 Å². The van der Waals surface area contributed by atoms with E-state index in [1.165, 1.54) is 13.8 Å². The minimum Gasteiger partial charge on any atom is -0.381 e. The zero-order valence-electron chi connectivity index (χ0n) is 8.71. The van der Waals surface area contributed by atoms with Gasteiger partial charge in [-0.1, -0.05) is 5.16 Å². The monoisotopic (exact) mass is 198 g/mol. The fourth-order valence-electron chi connectivity index (χ4n) is 0.788. The lowest BCUT2D eigenvalue weighted by Crippen LogP contribution is -2.36. The molecule has 1 heterocycles. The van der Waals surface area contributed by atoms with Crippen molar-refractivity contribution in [2.75, 3.05) is 5.32 Å². The van der Waals surface area contributed by atoms with Crippen molar-refractivity contribution in [3.05, 3.63) is 11.3 Å². The Hall–Kier alpha value is -1.36. The molecule has 0 unspecified atom stereocenters. The van der Waals surface area contributed by atoms with Gasteiger partial charge in [0, 0.05) is 5.56 Å². The Morgan fingerprint density at radius 3 is 2.43 bits per heavy atom. The molecule has 5 nitrogen and oxygen atoms in total. The van der Waals surface area contributed by atoms with Gasteiger partial charge in [-0.3, -0.25) is 10.1 Å². The topological polar surface area (TPSA) is 75.4 Å². The molecule has 0 fully saturated rings. The van der Waals surface area contributed by atoms with Crippen molar-refractivity contribution in [1.29, 1.82) is 0 Å². The third-order valence-corrected chi connectivity index (χ3v) is 1.94. The number of aromatic nitrogens is 1. The fourth-order valence-corrected chi connectivity index (χ4v) is 0.788. The Labute approximate surface area is 82.1 Å². The Bertz CT molecular complexity index is 349. The third-order valence-electron chi connectivity index (χ3n) is 1.94. The van der Waals surface area contributed by atoms with E-state index in [4.69, 9.17) is 4.52 Å². The number of rotatable bonds is 2. The van der Waals surface area contributed by atoms with E-state index in [0.717, 1.165) is 11.3 Å². The maximum atomic E-state index is 11.3. The smallest absolute Gasteiger partial charge is 0.258 e. The van der Waals surface area contributed by atoms with Crippen molar-refractivity contribution in [1.82, 2.24) is 5.16 Å². The molecule has 1 rings (SSSR count). The molecule has 0 radical (unpaired) electrons. The van der Waals surface area contributed by atoms with Crippen LogP contribution in [0.2, 0.25) is 0 Å². The molecule has 0 saturated heterocycles. The van der Waals surface area contributed by atoms with Crippen LogP contribution in [-0.4, -0.2) is 21.8 Å². The first-order chi connectivity index (χ1) is 6.32. The fraction of sp³-hybridized carbons (Fsp3) is 0.556. The molecular formula is C9H14N2O3. The molecule has 14 heavy (non-hydrogen) atoms. The van der Waals surface area contributed by atoms with Crippen LogP contribution in [0, 0.1) is 13.8 Å². The SMILES string of the molecule is Cc1noc(NC(=O)C(C)(C)O)c1C. The largest absolute Gasteiger partial charge is 0.381 e. The van der Waals surface area contributed by atoms with E-state index in [1.807, 2.05) is 0 Å². The van der Waals surface area contributed by atoms with Crippen molar-refractivity contribution in [2.45, 2.75) is 33.3 Å². The number of nitrogens with zero attached hydrogens (tertiary/aromatic N) is 1. The van der Waals surface area contributed by atoms with Crippen LogP contribution in [-0.2, 0) is 4.79 Å². The van der Waals surface area contributed by atoms with Crippen LogP contribution in [0.4, 0.5) is 5.88 Å². The first-order valence-electron chi connectivity index (χ1n) is 4.29. The predicted molar refractivity (Wildman–Crippen MR) is 50.9 cm³/mol. The first-order valence-corrected chi connectivity index (χ1v) is 4.29. The van der Waals surface area contributed by atoms with E-state index >= 15 is 0 Å². The minimum atomic E-state index is -1.42. The van der Waals surface area contributed by atoms with Crippen molar-refractivity contribution in [2.24, 2.45) is 0 Å². The van der Waals surface area contributed by atoms with Gasteiger partial charge in [-0.05, 0) is 27.7 Å². The molecule has 5 heteroatoms. The van der Waals surface area contributed by atoms with Crippen LogP contribution in [0.1, 0.15) is 25.1 Å². The highest BCUT2D eigenvalue weighted by Crippen LogP contribution is 2.18. The van der Waals surface area contributed by atoms with Crippen molar-refractivity contribution < 1.29 is 14.4 Å². The number of carbonyl (C=O) groups is 1. The van der Waals surface area contributed by atoms with Crippen molar-refractivity contribution >= 4 is 11.8 Å². The second-order valence-corrected chi connectivity index (χ2v) is 3.74. The summed E-state index contributed by atoms with van der Waals surface area (Å²) in [5.41, 5.74) is 0.0614. The van der Waals surface area contributed by atoms with Crippen molar-refractivity contribution in [3.63, 3.8) is 0 Å². The van der Waals surface area contributed by atoms with Gasteiger partial charge >= 0.3 is 0 Å². The van der Waals surface area contributed by atoms with Gasteiger partial charge in [0.1, 0.15) is 5.60 Å². The standard InChI is InChI=1S/C9H14N2O3/c1-5-6(2)11-14-7(5)10-8(12)9(3,4)13/h13H,1-4H3,(H,10,12). The molecule has 0 aliphatic heterocycles. The van der Waals surface area contributed by atoms with Gasteiger partial charge in [-0.2, -0.15) is 0 Å². The van der Waals surface area contributed by atoms with E-state index in [-0.39, 0.29) is 5.88 Å². The zero-order valence-corrected chi connectivity index (χ0v) is 8.71. The summed E-state index contributed by atoms with van der Waals surface area (Å²) in [5.74, 6) is -0.230. The molecule has 2 N–H and O–H groups in total. The number of carbonyl (C=O) groups excluding carboxylic acids is 1. The van der Waals surface area contributed by atoms with Crippen LogP contribution in [0.15, 0.2) is 4.52 Å². The van der Waals surface area contributed by atoms with E-state index in [2.05, 4.69) is 10.5 Å². The highest BCUT2D eigenvalue weighted by atomic mass is 16.5. The number of hydrogen-bond donors (Lipinski definition) is 2. The average molecular weight is 198 g/mol. The van der Waals surface area contributed by atoms with Crippen LogP contribution in [0.3, 0.4) is 0 Å². The number of aliphatic hydroxyl groups is 1. The van der Waals surface area contributed by atoms with E-state index in [1.54, 1.807) is 13.8 Å². The summed E-state index contributed by atoms with van der Waals surface area (Å²) < 4.78 is 4.87. The molecular weight excluding hydrogens is 184 g/mol. The third kappa shape index (κ3) is 2.11. The van der Waals surface area contributed by atoms with Crippen LogP contribution < -0.4 is 5.32 Å². The van der Waals surface area contributed by atoms with Gasteiger partial charge in [-0.25, -0.2) is 0 Å². The second kappa shape index (κ2) is 3.42. The maximum Gasteiger partial charge on any atom is 0.258 e. The number of hydrogen-bond acceptors (Lipinski definition) is 4. The number of anilines is 1. The van der Waals surface area contributed by atoms with Gasteiger partial charge in [0.25, 0.3) is 5.91 Å². The quantitative estimate of drug-likeness (QED) is 0.743. The summed E-state index contributed by atoms with van der Waals surface area (Å²) in [6.07, 6.45) is 0. The number of aryl methyl sites for hydroxylation is 1. The Balaban J connectivity index is 2.80. The Morgan fingerprint density at radius 2 is 2.07 bits per heavy atom. The lowest BCUT2D eigenvalue weighted by Gasteiger charge is -2.14. The van der Waals surface area contributed by atoms with Crippen LogP contribution in [0.25, 0.3) is 0 Å². The molecule has 0 aromatic carbocycles. The van der Waals surface area contributed by atoms with Gasteiger partial charge in [-0.15, -0.1) is 0 Å². The highest BCUT2D eigenvalue weighted by Gasteiger charge is 2.25. The Kier molecular flexibility index (Phi) is 2.62. The minimum absolute atomic E-state index is 0.287. The zero-order chi connectivity index (χ0) is 10.9. The molecule has 0 aliphatic carbocycles. The van der Waals surface area contributed by atoms with Crippen LogP contribution >= 0.6 is 0 Å². The molecule has 0 saturated carbocycles. The average Bonchev–Trinajstić information content (AvgIpc) is 2.34. The van der Waals surface area contributed by atoms with Gasteiger partial charge in [0.05, 0.1) is 5.69 Å². The number of amides is 1. The second-order valence-electron chi connectivity index (χ2n) is 3.74. The molecule has 78 valence electrons. The molecule has 0 aliphatic rings. The summed E-state index contributed by atoms with van der Waals surface area (Å²) in [7, 11) is 0. The summed E-state index contributed by atoms with van der Waals surface area (Å²) in [5, 5.41) is 15.5. The molecule has 0 spiro atoms. The highest BCUT2D eigenvalue weighted by molar-refractivity contribution is 5.95. The summed E-state index contributed by atoms with van der Waals surface area (Å²) in [6, 6.07) is 0. The molecule has 1 aromatic rings. The van der Waals surface area contributed by atoms with E-state index in [0.29, 0.717) is 0 Å². The maximum absolute atomic E-state index is 11.3. The Morgan fingerprint density at radius 1 is 1.50 bits per heavy atom. The summed E-state index contributed by atoms with van der Waals surface area (Å²) >= 11 is 0. The predicted octanol–water partition coefficient (Wildman–Crippen LogP) is 1.00. The lowest BCUT2D eigenvalue weighted by atomic mass is 10.1. The summed E-state index contributed by atoms with van der Waals surface area (Å²) in [4.78, 5) is 11.3. The molecule has 0 atom stereocenters. The van der Waals surface area contributed by atoms with Crippen LogP contribution in [0.5, 0.6) is 0 Å².